The monoisotopic (exact) mass is 249 g/mol. The van der Waals surface area contributed by atoms with Crippen molar-refractivity contribution in [3.8, 4) is 6.07 Å². The van der Waals surface area contributed by atoms with E-state index in [9.17, 15) is 4.79 Å². The molecule has 1 aromatic rings. The van der Waals surface area contributed by atoms with Gasteiger partial charge < -0.3 is 4.90 Å². The van der Waals surface area contributed by atoms with Gasteiger partial charge >= 0.3 is 0 Å². The van der Waals surface area contributed by atoms with E-state index in [1.54, 1.807) is 31.4 Å². The lowest BCUT2D eigenvalue weighted by atomic mass is 10.2. The highest BCUT2D eigenvalue weighted by molar-refractivity contribution is 7.09. The van der Waals surface area contributed by atoms with Crippen LogP contribution in [0.2, 0.25) is 0 Å². The Morgan fingerprint density at radius 2 is 2.47 bits per heavy atom. The van der Waals surface area contributed by atoms with Gasteiger partial charge in [0.2, 0.25) is 5.91 Å². The normalized spacial score (nSPS) is 12.4. The first-order chi connectivity index (χ1) is 8.02. The Balaban J connectivity index is 2.54. The van der Waals surface area contributed by atoms with Crippen LogP contribution in [0, 0.1) is 24.2 Å². The van der Waals surface area contributed by atoms with Crippen molar-refractivity contribution in [3.05, 3.63) is 22.2 Å². The van der Waals surface area contributed by atoms with Crippen LogP contribution in [-0.2, 0) is 4.79 Å². The number of carbonyl (C=O) groups is 1. The molecule has 0 aliphatic carbocycles. The second-order valence-electron chi connectivity index (χ2n) is 3.87. The average molecular weight is 249 g/mol. The SMILES string of the molecule is Cc1nc(C=CC(=O)N(C)CC(C)C#N)cs1. The van der Waals surface area contributed by atoms with Crippen LogP contribution >= 0.6 is 11.3 Å². The lowest BCUT2D eigenvalue weighted by molar-refractivity contribution is -0.125. The first-order valence-corrected chi connectivity index (χ1v) is 6.16. The smallest absolute Gasteiger partial charge is 0.246 e. The predicted octanol–water partition coefficient (Wildman–Crippen LogP) is 2.08. The number of hydrogen-bond donors (Lipinski definition) is 0. The van der Waals surface area contributed by atoms with E-state index < -0.39 is 0 Å². The second kappa shape index (κ2) is 6.16. The largest absolute Gasteiger partial charge is 0.341 e. The maximum atomic E-state index is 11.7. The van der Waals surface area contributed by atoms with Crippen LogP contribution in [0.4, 0.5) is 0 Å². The summed E-state index contributed by atoms with van der Waals surface area (Å²) in [7, 11) is 1.69. The number of nitriles is 1. The molecule has 5 heteroatoms. The molecule has 0 fully saturated rings. The first kappa shape index (κ1) is 13.4. The minimum Gasteiger partial charge on any atom is -0.341 e. The van der Waals surface area contributed by atoms with Gasteiger partial charge in [0, 0.05) is 25.0 Å². The van der Waals surface area contributed by atoms with Crippen molar-refractivity contribution in [1.29, 1.82) is 5.26 Å². The number of rotatable bonds is 4. The molecule has 0 saturated carbocycles. The van der Waals surface area contributed by atoms with Crippen LogP contribution in [0.15, 0.2) is 11.5 Å². The fourth-order valence-electron chi connectivity index (χ4n) is 1.28. The summed E-state index contributed by atoms with van der Waals surface area (Å²) in [4.78, 5) is 17.4. The van der Waals surface area contributed by atoms with E-state index in [-0.39, 0.29) is 11.8 Å². The third-order valence-corrected chi connectivity index (χ3v) is 2.97. The Morgan fingerprint density at radius 1 is 1.76 bits per heavy atom. The summed E-state index contributed by atoms with van der Waals surface area (Å²) in [6.07, 6.45) is 3.18. The number of hydrogen-bond acceptors (Lipinski definition) is 4. The fraction of sp³-hybridized carbons (Fsp3) is 0.417. The van der Waals surface area contributed by atoms with Crippen molar-refractivity contribution in [1.82, 2.24) is 9.88 Å². The molecule has 1 heterocycles. The minimum absolute atomic E-state index is 0.113. The van der Waals surface area contributed by atoms with E-state index in [1.807, 2.05) is 12.3 Å². The number of nitrogens with zero attached hydrogens (tertiary/aromatic N) is 3. The van der Waals surface area contributed by atoms with E-state index >= 15 is 0 Å². The van der Waals surface area contributed by atoms with E-state index in [0.29, 0.717) is 6.54 Å². The topological polar surface area (TPSA) is 57.0 Å². The van der Waals surface area contributed by atoms with Crippen molar-refractivity contribution in [3.63, 3.8) is 0 Å². The number of carbonyl (C=O) groups excluding carboxylic acids is 1. The van der Waals surface area contributed by atoms with Gasteiger partial charge in [0.25, 0.3) is 0 Å². The molecule has 0 radical (unpaired) electrons. The van der Waals surface area contributed by atoms with Crippen molar-refractivity contribution in [2.24, 2.45) is 5.92 Å². The molecular weight excluding hydrogens is 234 g/mol. The number of amides is 1. The Morgan fingerprint density at radius 3 is 3.00 bits per heavy atom. The van der Waals surface area contributed by atoms with Crippen LogP contribution in [0.5, 0.6) is 0 Å². The van der Waals surface area contributed by atoms with E-state index in [2.05, 4.69) is 11.1 Å². The molecule has 1 atom stereocenters. The van der Waals surface area contributed by atoms with Crippen molar-refractivity contribution >= 4 is 23.3 Å². The number of likely N-dealkylation sites (N-methyl/N-ethyl adjacent to an activating group) is 1. The molecule has 90 valence electrons. The quantitative estimate of drug-likeness (QED) is 0.768. The molecule has 0 aliphatic heterocycles. The third kappa shape index (κ3) is 4.37. The molecule has 17 heavy (non-hydrogen) atoms. The van der Waals surface area contributed by atoms with Crippen molar-refractivity contribution in [2.75, 3.05) is 13.6 Å². The zero-order chi connectivity index (χ0) is 12.8. The number of aryl methyl sites for hydroxylation is 1. The van der Waals surface area contributed by atoms with Gasteiger partial charge in [-0.2, -0.15) is 5.26 Å². The average Bonchev–Trinajstić information content (AvgIpc) is 2.71. The highest BCUT2D eigenvalue weighted by Gasteiger charge is 2.09. The van der Waals surface area contributed by atoms with E-state index in [0.717, 1.165) is 10.7 Å². The highest BCUT2D eigenvalue weighted by atomic mass is 32.1. The number of aromatic nitrogens is 1. The molecule has 0 saturated heterocycles. The summed E-state index contributed by atoms with van der Waals surface area (Å²) in [5, 5.41) is 11.5. The molecule has 0 N–H and O–H groups in total. The fourth-order valence-corrected chi connectivity index (χ4v) is 1.86. The third-order valence-electron chi connectivity index (χ3n) is 2.18. The summed E-state index contributed by atoms with van der Waals surface area (Å²) >= 11 is 1.55. The molecule has 0 aromatic carbocycles. The van der Waals surface area contributed by atoms with Crippen molar-refractivity contribution < 1.29 is 4.79 Å². The summed E-state index contributed by atoms with van der Waals surface area (Å²) in [6.45, 7) is 4.15. The van der Waals surface area contributed by atoms with Gasteiger partial charge in [-0.15, -0.1) is 11.3 Å². The Kier molecular flexibility index (Phi) is 4.85. The summed E-state index contributed by atoms with van der Waals surface area (Å²) < 4.78 is 0. The Bertz CT molecular complexity index is 459. The minimum atomic E-state index is -0.154. The molecule has 0 bridgehead atoms. The molecular formula is C12H15N3OS. The van der Waals surface area contributed by atoms with E-state index in [4.69, 9.17) is 5.26 Å². The highest BCUT2D eigenvalue weighted by Crippen LogP contribution is 2.09. The van der Waals surface area contributed by atoms with E-state index in [1.165, 1.54) is 11.0 Å². The Labute approximate surface area is 105 Å². The van der Waals surface area contributed by atoms with Gasteiger partial charge in [0.15, 0.2) is 0 Å². The van der Waals surface area contributed by atoms with Crippen LogP contribution in [0.3, 0.4) is 0 Å². The Hall–Kier alpha value is -1.67. The predicted molar refractivity (Wildman–Crippen MR) is 68.3 cm³/mol. The maximum absolute atomic E-state index is 11.7. The molecule has 0 aliphatic rings. The zero-order valence-electron chi connectivity index (χ0n) is 10.2. The van der Waals surface area contributed by atoms with Gasteiger partial charge in [-0.3, -0.25) is 4.79 Å². The van der Waals surface area contributed by atoms with Gasteiger partial charge in [-0.05, 0) is 19.9 Å². The summed E-state index contributed by atoms with van der Waals surface area (Å²) in [5.41, 5.74) is 0.794. The van der Waals surface area contributed by atoms with Crippen molar-refractivity contribution in [2.45, 2.75) is 13.8 Å². The second-order valence-corrected chi connectivity index (χ2v) is 4.94. The first-order valence-electron chi connectivity index (χ1n) is 5.28. The van der Waals surface area contributed by atoms with Gasteiger partial charge in [-0.25, -0.2) is 4.98 Å². The standard InChI is InChI=1S/C12H15N3OS/c1-9(6-13)7-15(3)12(16)5-4-11-8-17-10(2)14-11/h4-5,8-9H,7H2,1-3H3. The molecule has 1 unspecified atom stereocenters. The zero-order valence-corrected chi connectivity index (χ0v) is 11.0. The van der Waals surface area contributed by atoms with Gasteiger partial charge in [-0.1, -0.05) is 0 Å². The van der Waals surface area contributed by atoms with Gasteiger partial charge in [0.05, 0.1) is 22.7 Å². The number of thiazole rings is 1. The molecule has 1 rings (SSSR count). The molecule has 1 aromatic heterocycles. The summed E-state index contributed by atoms with van der Waals surface area (Å²) in [5.74, 6) is -0.267. The van der Waals surface area contributed by atoms with Crippen LogP contribution in [0.25, 0.3) is 6.08 Å². The lowest BCUT2D eigenvalue weighted by Gasteiger charge is -2.15. The van der Waals surface area contributed by atoms with Crippen LogP contribution in [0.1, 0.15) is 17.6 Å². The summed E-state index contributed by atoms with van der Waals surface area (Å²) in [6, 6.07) is 2.10. The van der Waals surface area contributed by atoms with Gasteiger partial charge in [0.1, 0.15) is 0 Å². The molecule has 1 amide bonds. The lowest BCUT2D eigenvalue weighted by Crippen LogP contribution is -2.29. The maximum Gasteiger partial charge on any atom is 0.246 e. The molecule has 4 nitrogen and oxygen atoms in total. The van der Waals surface area contributed by atoms with Crippen LogP contribution in [-0.4, -0.2) is 29.4 Å². The van der Waals surface area contributed by atoms with Crippen LogP contribution < -0.4 is 0 Å². The molecule has 0 spiro atoms.